The molecule has 1 rings (SSSR count). The Bertz CT molecular complexity index is 208. The number of alkyl halides is 1. The van der Waals surface area contributed by atoms with E-state index in [1.807, 2.05) is 0 Å². The molecule has 2 nitrogen and oxygen atoms in total. The first-order valence-electron chi connectivity index (χ1n) is 6.61. The molecule has 1 atom stereocenters. The van der Waals surface area contributed by atoms with E-state index >= 15 is 0 Å². The van der Waals surface area contributed by atoms with Crippen molar-refractivity contribution in [3.8, 4) is 0 Å². The first-order chi connectivity index (χ1) is 7.77. The summed E-state index contributed by atoms with van der Waals surface area (Å²) < 4.78 is 0. The number of likely N-dealkylation sites (tertiary alicyclic amines) is 1. The average molecular weight is 290 g/mol. The zero-order valence-corrected chi connectivity index (χ0v) is 12.0. The zero-order valence-electron chi connectivity index (χ0n) is 10.4. The lowest BCUT2D eigenvalue weighted by Crippen LogP contribution is -2.31. The minimum Gasteiger partial charge on any atom is -0.343 e. The van der Waals surface area contributed by atoms with E-state index in [4.69, 9.17) is 0 Å². The molecule has 16 heavy (non-hydrogen) atoms. The van der Waals surface area contributed by atoms with Crippen LogP contribution in [-0.2, 0) is 4.79 Å². The number of carbonyl (C=O) groups excluding carboxylic acids is 1. The maximum atomic E-state index is 11.9. The summed E-state index contributed by atoms with van der Waals surface area (Å²) in [6.07, 6.45) is 7.96. The Kier molecular flexibility index (Phi) is 7.10. The largest absolute Gasteiger partial charge is 0.343 e. The highest BCUT2D eigenvalue weighted by Crippen LogP contribution is 2.22. The second kappa shape index (κ2) is 8.10. The maximum absolute atomic E-state index is 11.9. The summed E-state index contributed by atoms with van der Waals surface area (Å²) in [6.45, 7) is 4.19. The van der Waals surface area contributed by atoms with Gasteiger partial charge in [-0.15, -0.1) is 0 Å². The molecule has 0 aliphatic carbocycles. The van der Waals surface area contributed by atoms with Crippen LogP contribution in [0.2, 0.25) is 0 Å². The molecular formula is C13H24BrNO. The van der Waals surface area contributed by atoms with E-state index in [0.717, 1.165) is 43.6 Å². The molecule has 1 aliphatic heterocycles. The van der Waals surface area contributed by atoms with Crippen LogP contribution >= 0.6 is 15.9 Å². The van der Waals surface area contributed by atoms with Gasteiger partial charge in [0.1, 0.15) is 0 Å². The molecule has 0 aromatic carbocycles. The summed E-state index contributed by atoms with van der Waals surface area (Å²) in [5.74, 6) is 1.17. The summed E-state index contributed by atoms with van der Waals surface area (Å²) in [7, 11) is 0. The van der Waals surface area contributed by atoms with Crippen LogP contribution < -0.4 is 0 Å². The van der Waals surface area contributed by atoms with E-state index < -0.39 is 0 Å². The van der Waals surface area contributed by atoms with Gasteiger partial charge in [-0.25, -0.2) is 0 Å². The van der Waals surface area contributed by atoms with Gasteiger partial charge in [-0.2, -0.15) is 0 Å². The van der Waals surface area contributed by atoms with E-state index in [-0.39, 0.29) is 0 Å². The highest BCUT2D eigenvalue weighted by molar-refractivity contribution is 9.09. The fourth-order valence-corrected chi connectivity index (χ4v) is 2.82. The molecule has 1 fully saturated rings. The maximum Gasteiger partial charge on any atom is 0.222 e. The minimum atomic E-state index is 0.383. The van der Waals surface area contributed by atoms with Crippen LogP contribution in [-0.4, -0.2) is 29.2 Å². The topological polar surface area (TPSA) is 20.3 Å². The number of carbonyl (C=O) groups is 1. The minimum absolute atomic E-state index is 0.383. The molecule has 1 saturated heterocycles. The third-order valence-corrected chi connectivity index (χ3v) is 4.00. The van der Waals surface area contributed by atoms with Crippen LogP contribution in [0.5, 0.6) is 0 Å². The quantitative estimate of drug-likeness (QED) is 0.541. The van der Waals surface area contributed by atoms with Crippen LogP contribution in [0, 0.1) is 5.92 Å². The highest BCUT2D eigenvalue weighted by atomic mass is 79.9. The van der Waals surface area contributed by atoms with E-state index in [1.165, 1.54) is 25.7 Å². The van der Waals surface area contributed by atoms with Gasteiger partial charge in [-0.3, -0.25) is 4.79 Å². The average Bonchev–Trinajstić information content (AvgIpc) is 2.45. The van der Waals surface area contributed by atoms with Gasteiger partial charge in [-0.1, -0.05) is 35.7 Å². The van der Waals surface area contributed by atoms with Crippen molar-refractivity contribution >= 4 is 21.8 Å². The number of hydrogen-bond acceptors (Lipinski definition) is 1. The predicted molar refractivity (Wildman–Crippen MR) is 71.9 cm³/mol. The van der Waals surface area contributed by atoms with Crippen molar-refractivity contribution in [2.45, 2.75) is 51.9 Å². The Morgan fingerprint density at radius 2 is 2.19 bits per heavy atom. The molecule has 0 aromatic heterocycles. The van der Waals surface area contributed by atoms with E-state index in [1.54, 1.807) is 0 Å². The van der Waals surface area contributed by atoms with E-state index in [0.29, 0.717) is 5.91 Å². The number of rotatable bonds is 6. The van der Waals surface area contributed by atoms with Gasteiger partial charge < -0.3 is 4.90 Å². The van der Waals surface area contributed by atoms with Crippen molar-refractivity contribution in [1.82, 2.24) is 4.90 Å². The Balaban J connectivity index is 2.32. The Hall–Kier alpha value is -0.0500. The number of hydrogen-bond donors (Lipinski definition) is 0. The number of nitrogens with zero attached hydrogens (tertiary/aromatic N) is 1. The van der Waals surface area contributed by atoms with Crippen molar-refractivity contribution in [3.05, 3.63) is 0 Å². The van der Waals surface area contributed by atoms with Gasteiger partial charge >= 0.3 is 0 Å². The predicted octanol–water partition coefficient (Wildman–Crippen LogP) is 3.59. The molecule has 1 heterocycles. The van der Waals surface area contributed by atoms with Crippen molar-refractivity contribution in [3.63, 3.8) is 0 Å². The first-order valence-corrected chi connectivity index (χ1v) is 7.73. The van der Waals surface area contributed by atoms with Gasteiger partial charge in [0, 0.05) is 24.8 Å². The SMILES string of the molecule is CCCC1CCC(=O)N(CCCCBr)CC1. The molecule has 0 bridgehead atoms. The van der Waals surface area contributed by atoms with E-state index in [9.17, 15) is 4.79 Å². The monoisotopic (exact) mass is 289 g/mol. The number of halogens is 1. The molecule has 94 valence electrons. The molecule has 0 radical (unpaired) electrons. The van der Waals surface area contributed by atoms with Crippen LogP contribution in [0.4, 0.5) is 0 Å². The molecule has 1 amide bonds. The molecule has 1 aliphatic rings. The van der Waals surface area contributed by atoms with Crippen molar-refractivity contribution < 1.29 is 4.79 Å². The normalized spacial score (nSPS) is 22.2. The van der Waals surface area contributed by atoms with Gasteiger partial charge in [0.2, 0.25) is 5.91 Å². The molecule has 0 aromatic rings. The van der Waals surface area contributed by atoms with Crippen LogP contribution in [0.1, 0.15) is 51.9 Å². The third-order valence-electron chi connectivity index (χ3n) is 3.44. The second-order valence-corrected chi connectivity index (χ2v) is 5.55. The molecule has 3 heteroatoms. The van der Waals surface area contributed by atoms with Crippen LogP contribution in [0.15, 0.2) is 0 Å². The molecule has 0 N–H and O–H groups in total. The van der Waals surface area contributed by atoms with Crippen molar-refractivity contribution in [2.75, 3.05) is 18.4 Å². The summed E-state index contributed by atoms with van der Waals surface area (Å²) in [4.78, 5) is 14.0. The summed E-state index contributed by atoms with van der Waals surface area (Å²) >= 11 is 3.43. The summed E-state index contributed by atoms with van der Waals surface area (Å²) in [6, 6.07) is 0. The van der Waals surface area contributed by atoms with E-state index in [2.05, 4.69) is 27.8 Å². The van der Waals surface area contributed by atoms with Crippen LogP contribution in [0.25, 0.3) is 0 Å². The molecular weight excluding hydrogens is 266 g/mol. The van der Waals surface area contributed by atoms with Gasteiger partial charge in [0.05, 0.1) is 0 Å². The molecule has 0 saturated carbocycles. The standard InChI is InChI=1S/C13H24BrNO/c1-2-5-12-6-7-13(16)15(11-8-12)10-4-3-9-14/h12H,2-11H2,1H3. The Morgan fingerprint density at radius 3 is 2.88 bits per heavy atom. The lowest BCUT2D eigenvalue weighted by molar-refractivity contribution is -0.130. The fraction of sp³-hybridized carbons (Fsp3) is 0.923. The van der Waals surface area contributed by atoms with Crippen LogP contribution in [0.3, 0.4) is 0 Å². The number of unbranched alkanes of at least 4 members (excludes halogenated alkanes) is 1. The smallest absolute Gasteiger partial charge is 0.222 e. The molecule has 1 unspecified atom stereocenters. The first kappa shape index (κ1) is 14.0. The summed E-state index contributed by atoms with van der Waals surface area (Å²) in [5.41, 5.74) is 0. The van der Waals surface area contributed by atoms with Gasteiger partial charge in [-0.05, 0) is 31.6 Å². The lowest BCUT2D eigenvalue weighted by Gasteiger charge is -2.20. The lowest BCUT2D eigenvalue weighted by atomic mass is 9.96. The van der Waals surface area contributed by atoms with Crippen molar-refractivity contribution in [2.24, 2.45) is 5.92 Å². The summed E-state index contributed by atoms with van der Waals surface area (Å²) in [5, 5.41) is 1.05. The Morgan fingerprint density at radius 1 is 1.38 bits per heavy atom. The highest BCUT2D eigenvalue weighted by Gasteiger charge is 2.21. The zero-order chi connectivity index (χ0) is 11.8. The second-order valence-electron chi connectivity index (χ2n) is 4.76. The van der Waals surface area contributed by atoms with Gasteiger partial charge in [0.25, 0.3) is 0 Å². The van der Waals surface area contributed by atoms with Crippen molar-refractivity contribution in [1.29, 1.82) is 0 Å². The van der Waals surface area contributed by atoms with Gasteiger partial charge in [0.15, 0.2) is 0 Å². The molecule has 0 spiro atoms. The number of amides is 1. The third kappa shape index (κ3) is 4.86. The Labute approximate surface area is 108 Å². The fourth-order valence-electron chi connectivity index (χ4n) is 2.42.